The second kappa shape index (κ2) is 3.44. The lowest BCUT2D eigenvalue weighted by atomic mass is 10.0. The van der Waals surface area contributed by atoms with Gasteiger partial charge in [-0.25, -0.2) is 0 Å². The van der Waals surface area contributed by atoms with Crippen molar-refractivity contribution in [2.75, 3.05) is 12.8 Å². The molecule has 0 rings (SSSR count). The topological polar surface area (TPSA) is 0 Å². The SMILES string of the molecule is CP(CC(C)(C)C)C(C)(C)C. The van der Waals surface area contributed by atoms with Crippen LogP contribution in [-0.2, 0) is 0 Å². The molecule has 68 valence electrons. The summed E-state index contributed by atoms with van der Waals surface area (Å²) in [6.45, 7) is 16.5. The Morgan fingerprint density at radius 1 is 0.909 bits per heavy atom. The van der Waals surface area contributed by atoms with Crippen LogP contribution in [-0.4, -0.2) is 18.0 Å². The van der Waals surface area contributed by atoms with Gasteiger partial charge in [0.1, 0.15) is 0 Å². The predicted molar refractivity (Wildman–Crippen MR) is 56.9 cm³/mol. The summed E-state index contributed by atoms with van der Waals surface area (Å²) < 4.78 is 0. The lowest BCUT2D eigenvalue weighted by Crippen LogP contribution is -2.19. The van der Waals surface area contributed by atoms with E-state index in [1.54, 1.807) is 0 Å². The van der Waals surface area contributed by atoms with Gasteiger partial charge < -0.3 is 0 Å². The lowest BCUT2D eigenvalue weighted by Gasteiger charge is -2.33. The molecule has 0 aliphatic rings. The summed E-state index contributed by atoms with van der Waals surface area (Å²) >= 11 is 0. The first-order valence-corrected chi connectivity index (χ1v) is 6.31. The summed E-state index contributed by atoms with van der Waals surface area (Å²) in [7, 11) is 0.190. The van der Waals surface area contributed by atoms with Gasteiger partial charge in [-0.1, -0.05) is 41.5 Å². The number of hydrogen-bond donors (Lipinski definition) is 0. The monoisotopic (exact) mass is 174 g/mol. The zero-order valence-corrected chi connectivity index (χ0v) is 10.0. The van der Waals surface area contributed by atoms with Crippen molar-refractivity contribution in [3.63, 3.8) is 0 Å². The van der Waals surface area contributed by atoms with E-state index in [2.05, 4.69) is 48.2 Å². The smallest absolute Gasteiger partial charge is 0.0182 e. The van der Waals surface area contributed by atoms with E-state index >= 15 is 0 Å². The van der Waals surface area contributed by atoms with E-state index in [-0.39, 0.29) is 7.92 Å². The Labute approximate surface area is 73.5 Å². The van der Waals surface area contributed by atoms with Crippen LogP contribution in [0.3, 0.4) is 0 Å². The molecule has 0 fully saturated rings. The highest BCUT2D eigenvalue weighted by Gasteiger charge is 2.24. The van der Waals surface area contributed by atoms with Gasteiger partial charge in [-0.2, -0.15) is 0 Å². The van der Waals surface area contributed by atoms with Crippen molar-refractivity contribution in [3.8, 4) is 0 Å². The molecule has 1 atom stereocenters. The molecule has 11 heavy (non-hydrogen) atoms. The van der Waals surface area contributed by atoms with Crippen molar-refractivity contribution in [3.05, 3.63) is 0 Å². The van der Waals surface area contributed by atoms with Crippen molar-refractivity contribution < 1.29 is 0 Å². The molecule has 1 unspecified atom stereocenters. The van der Waals surface area contributed by atoms with Crippen LogP contribution >= 0.6 is 7.92 Å². The lowest BCUT2D eigenvalue weighted by molar-refractivity contribution is 0.474. The second-order valence-electron chi connectivity index (χ2n) is 5.59. The van der Waals surface area contributed by atoms with E-state index in [0.717, 1.165) is 0 Å². The average molecular weight is 174 g/mol. The summed E-state index contributed by atoms with van der Waals surface area (Å²) in [6.07, 6.45) is 1.38. The Morgan fingerprint density at radius 3 is 1.36 bits per heavy atom. The van der Waals surface area contributed by atoms with Gasteiger partial charge in [-0.3, -0.25) is 0 Å². The van der Waals surface area contributed by atoms with Gasteiger partial charge in [0.05, 0.1) is 0 Å². The Morgan fingerprint density at radius 2 is 1.27 bits per heavy atom. The first-order chi connectivity index (χ1) is 4.63. The largest absolute Gasteiger partial charge is 0.104 e. The highest BCUT2D eigenvalue weighted by atomic mass is 31.1. The summed E-state index contributed by atoms with van der Waals surface area (Å²) in [5.41, 5.74) is 0.508. The molecule has 0 N–H and O–H groups in total. The van der Waals surface area contributed by atoms with Crippen molar-refractivity contribution >= 4 is 7.92 Å². The molecule has 1 heteroatoms. The molecule has 0 spiro atoms. The van der Waals surface area contributed by atoms with E-state index in [1.165, 1.54) is 6.16 Å². The second-order valence-corrected chi connectivity index (χ2v) is 8.64. The minimum absolute atomic E-state index is 0.190. The van der Waals surface area contributed by atoms with E-state index in [0.29, 0.717) is 10.6 Å². The maximum absolute atomic E-state index is 2.42. The van der Waals surface area contributed by atoms with Crippen LogP contribution in [0.1, 0.15) is 41.5 Å². The molecule has 0 amide bonds. The fourth-order valence-corrected chi connectivity index (χ4v) is 2.85. The molecular weight excluding hydrogens is 151 g/mol. The van der Waals surface area contributed by atoms with Crippen LogP contribution in [0.2, 0.25) is 0 Å². The molecule has 0 nitrogen and oxygen atoms in total. The van der Waals surface area contributed by atoms with Crippen LogP contribution in [0.4, 0.5) is 0 Å². The van der Waals surface area contributed by atoms with Crippen LogP contribution in [0.15, 0.2) is 0 Å². The van der Waals surface area contributed by atoms with Crippen molar-refractivity contribution in [1.82, 2.24) is 0 Å². The molecule has 0 saturated carbocycles. The third kappa shape index (κ3) is 5.67. The van der Waals surface area contributed by atoms with Gasteiger partial charge >= 0.3 is 0 Å². The molecule has 0 aliphatic heterocycles. The maximum Gasteiger partial charge on any atom is -0.0182 e. The first kappa shape index (κ1) is 11.4. The van der Waals surface area contributed by atoms with E-state index in [4.69, 9.17) is 0 Å². The normalized spacial score (nSPS) is 16.6. The van der Waals surface area contributed by atoms with Gasteiger partial charge in [0, 0.05) is 0 Å². The van der Waals surface area contributed by atoms with Gasteiger partial charge in [0.25, 0.3) is 0 Å². The van der Waals surface area contributed by atoms with E-state index in [9.17, 15) is 0 Å². The molecule has 0 bridgehead atoms. The minimum Gasteiger partial charge on any atom is -0.104 e. The van der Waals surface area contributed by atoms with Gasteiger partial charge in [-0.05, 0) is 23.4 Å². The molecule has 0 aromatic carbocycles. The van der Waals surface area contributed by atoms with Gasteiger partial charge in [0.15, 0.2) is 0 Å². The average Bonchev–Trinajstić information content (AvgIpc) is 1.56. The van der Waals surface area contributed by atoms with Gasteiger partial charge in [-0.15, -0.1) is 7.92 Å². The predicted octanol–water partition coefficient (Wildman–Crippen LogP) is 3.94. The van der Waals surface area contributed by atoms with Crippen molar-refractivity contribution in [2.24, 2.45) is 5.41 Å². The fraction of sp³-hybridized carbons (Fsp3) is 1.00. The highest BCUT2D eigenvalue weighted by molar-refractivity contribution is 7.58. The molecular formula is C10H23P. The van der Waals surface area contributed by atoms with Crippen molar-refractivity contribution in [1.29, 1.82) is 0 Å². The summed E-state index contributed by atoms with van der Waals surface area (Å²) in [5.74, 6) is 0. The molecule has 0 aliphatic carbocycles. The van der Waals surface area contributed by atoms with Crippen molar-refractivity contribution in [2.45, 2.75) is 46.7 Å². The summed E-state index contributed by atoms with van der Waals surface area (Å²) in [5, 5.41) is 0.530. The zero-order chi connectivity index (χ0) is 9.28. The maximum atomic E-state index is 2.42. The molecule has 0 aromatic rings. The molecule has 0 heterocycles. The van der Waals surface area contributed by atoms with Crippen LogP contribution in [0.25, 0.3) is 0 Å². The zero-order valence-electron chi connectivity index (χ0n) is 9.15. The minimum atomic E-state index is 0.190. The summed E-state index contributed by atoms with van der Waals surface area (Å²) in [4.78, 5) is 0. The quantitative estimate of drug-likeness (QED) is 0.528. The van der Waals surface area contributed by atoms with Crippen LogP contribution in [0, 0.1) is 5.41 Å². The molecule has 0 radical (unpaired) electrons. The van der Waals surface area contributed by atoms with E-state index in [1.807, 2.05) is 0 Å². The standard InChI is InChI=1S/C10H23P/c1-9(2,3)8-11(7)10(4,5)6/h8H2,1-7H3. The molecule has 0 saturated heterocycles. The fourth-order valence-electron chi connectivity index (χ4n) is 0.949. The number of hydrogen-bond acceptors (Lipinski definition) is 0. The Kier molecular flexibility index (Phi) is 3.57. The first-order valence-electron chi connectivity index (χ1n) is 4.34. The Hall–Kier alpha value is 0.430. The Bertz CT molecular complexity index is 114. The van der Waals surface area contributed by atoms with E-state index < -0.39 is 0 Å². The third-order valence-electron chi connectivity index (χ3n) is 1.86. The van der Waals surface area contributed by atoms with Crippen LogP contribution in [0.5, 0.6) is 0 Å². The van der Waals surface area contributed by atoms with Crippen LogP contribution < -0.4 is 0 Å². The molecule has 0 aromatic heterocycles. The Balaban J connectivity index is 3.99. The third-order valence-corrected chi connectivity index (χ3v) is 5.57. The highest BCUT2D eigenvalue weighted by Crippen LogP contribution is 2.49. The summed E-state index contributed by atoms with van der Waals surface area (Å²) in [6, 6.07) is 0. The number of rotatable bonds is 1. The van der Waals surface area contributed by atoms with Gasteiger partial charge in [0.2, 0.25) is 0 Å².